The highest BCUT2D eigenvalue weighted by molar-refractivity contribution is 6.05. The first kappa shape index (κ1) is 19.2. The standard InChI is InChI=1S/C21H25N5O3/c22-19-7-6-16(12-20(19)26(28)29)21(27)23-17-2-1-3-18(13-17)25-10-8-24(9-11-25)14-15-4-5-15/h1-3,6-7,12-13,15H,4-5,8-11,14,22H2,(H,23,27). The van der Waals surface area contributed by atoms with Crippen molar-refractivity contribution in [3.05, 3.63) is 58.1 Å². The molecule has 0 bridgehead atoms. The van der Waals surface area contributed by atoms with Crippen LogP contribution in [0.2, 0.25) is 0 Å². The summed E-state index contributed by atoms with van der Waals surface area (Å²) in [7, 11) is 0. The van der Waals surface area contributed by atoms with Gasteiger partial charge in [0.25, 0.3) is 11.6 Å². The Balaban J connectivity index is 1.40. The molecule has 152 valence electrons. The van der Waals surface area contributed by atoms with Crippen LogP contribution in [0.1, 0.15) is 23.2 Å². The Bertz CT molecular complexity index is 920. The van der Waals surface area contributed by atoms with Gasteiger partial charge in [-0.25, -0.2) is 0 Å². The van der Waals surface area contributed by atoms with Gasteiger partial charge in [0.2, 0.25) is 0 Å². The number of anilines is 3. The second kappa shape index (κ2) is 8.08. The van der Waals surface area contributed by atoms with Crippen molar-refractivity contribution >= 4 is 28.7 Å². The van der Waals surface area contributed by atoms with Gasteiger partial charge in [0.1, 0.15) is 5.69 Å². The first-order valence-electron chi connectivity index (χ1n) is 9.92. The Morgan fingerprint density at radius 3 is 2.59 bits per heavy atom. The highest BCUT2D eigenvalue weighted by atomic mass is 16.6. The molecule has 29 heavy (non-hydrogen) atoms. The quantitative estimate of drug-likeness (QED) is 0.443. The Morgan fingerprint density at radius 2 is 1.90 bits per heavy atom. The number of nitro benzene ring substituents is 1. The van der Waals surface area contributed by atoms with Gasteiger partial charge in [0, 0.05) is 55.7 Å². The summed E-state index contributed by atoms with van der Waals surface area (Å²) in [5, 5.41) is 13.9. The van der Waals surface area contributed by atoms with E-state index in [1.807, 2.05) is 24.3 Å². The zero-order chi connectivity index (χ0) is 20.4. The number of hydrogen-bond acceptors (Lipinski definition) is 6. The number of hydrogen-bond donors (Lipinski definition) is 2. The van der Waals surface area contributed by atoms with Crippen molar-refractivity contribution in [3.8, 4) is 0 Å². The van der Waals surface area contributed by atoms with Crippen LogP contribution in [0.25, 0.3) is 0 Å². The van der Waals surface area contributed by atoms with E-state index in [2.05, 4.69) is 15.1 Å². The highest BCUT2D eigenvalue weighted by Crippen LogP contribution is 2.30. The smallest absolute Gasteiger partial charge is 0.292 e. The number of nitrogens with one attached hydrogen (secondary N) is 1. The van der Waals surface area contributed by atoms with Crippen LogP contribution in [0.5, 0.6) is 0 Å². The lowest BCUT2D eigenvalue weighted by atomic mass is 10.1. The van der Waals surface area contributed by atoms with Crippen LogP contribution in [0.15, 0.2) is 42.5 Å². The molecule has 1 aliphatic heterocycles. The van der Waals surface area contributed by atoms with Crippen LogP contribution < -0.4 is 16.0 Å². The normalized spacial score (nSPS) is 17.2. The van der Waals surface area contributed by atoms with Crippen LogP contribution in [0, 0.1) is 16.0 Å². The number of nitrogen functional groups attached to an aromatic ring is 1. The van der Waals surface area contributed by atoms with Gasteiger partial charge in [-0.3, -0.25) is 19.8 Å². The number of amides is 1. The predicted octanol–water partition coefficient (Wildman–Crippen LogP) is 2.96. The molecule has 2 fully saturated rings. The molecule has 0 aromatic heterocycles. The van der Waals surface area contributed by atoms with Gasteiger partial charge >= 0.3 is 0 Å². The zero-order valence-electron chi connectivity index (χ0n) is 16.2. The first-order chi connectivity index (χ1) is 14.0. The van der Waals surface area contributed by atoms with Crippen LogP contribution in [-0.2, 0) is 0 Å². The van der Waals surface area contributed by atoms with Crippen molar-refractivity contribution in [1.82, 2.24) is 4.90 Å². The van der Waals surface area contributed by atoms with E-state index < -0.39 is 10.8 Å². The molecule has 8 heteroatoms. The van der Waals surface area contributed by atoms with Crippen molar-refractivity contribution in [2.24, 2.45) is 5.92 Å². The number of carbonyl (C=O) groups is 1. The molecule has 1 heterocycles. The third-order valence-electron chi connectivity index (χ3n) is 5.54. The lowest BCUT2D eigenvalue weighted by molar-refractivity contribution is -0.383. The summed E-state index contributed by atoms with van der Waals surface area (Å²) >= 11 is 0. The minimum absolute atomic E-state index is 0.0365. The summed E-state index contributed by atoms with van der Waals surface area (Å²) in [5.41, 5.74) is 7.30. The van der Waals surface area contributed by atoms with Gasteiger partial charge in [0.15, 0.2) is 0 Å². The molecule has 0 unspecified atom stereocenters. The fourth-order valence-corrected chi connectivity index (χ4v) is 3.68. The maximum absolute atomic E-state index is 12.5. The number of piperazine rings is 1. The van der Waals surface area contributed by atoms with Gasteiger partial charge in [0.05, 0.1) is 4.92 Å². The maximum Gasteiger partial charge on any atom is 0.292 e. The molecule has 1 amide bonds. The number of carbonyl (C=O) groups excluding carboxylic acids is 1. The van der Waals surface area contributed by atoms with Gasteiger partial charge < -0.3 is 16.0 Å². The van der Waals surface area contributed by atoms with Crippen molar-refractivity contribution in [2.75, 3.05) is 48.7 Å². The molecule has 2 aromatic rings. The maximum atomic E-state index is 12.5. The van der Waals surface area contributed by atoms with E-state index in [0.29, 0.717) is 5.69 Å². The summed E-state index contributed by atoms with van der Waals surface area (Å²) in [6.45, 7) is 5.27. The van der Waals surface area contributed by atoms with Crippen molar-refractivity contribution in [3.63, 3.8) is 0 Å². The largest absolute Gasteiger partial charge is 0.393 e. The molecule has 2 aromatic carbocycles. The number of benzene rings is 2. The molecular formula is C21H25N5O3. The van der Waals surface area contributed by atoms with Crippen LogP contribution in [0.4, 0.5) is 22.7 Å². The van der Waals surface area contributed by atoms with E-state index in [-0.39, 0.29) is 16.9 Å². The first-order valence-corrected chi connectivity index (χ1v) is 9.92. The number of rotatable bonds is 6. The van der Waals surface area contributed by atoms with Crippen LogP contribution >= 0.6 is 0 Å². The molecule has 0 radical (unpaired) electrons. The van der Waals surface area contributed by atoms with E-state index >= 15 is 0 Å². The summed E-state index contributed by atoms with van der Waals surface area (Å²) < 4.78 is 0. The minimum atomic E-state index is -0.588. The Morgan fingerprint density at radius 1 is 1.14 bits per heavy atom. The predicted molar refractivity (Wildman–Crippen MR) is 113 cm³/mol. The lowest BCUT2D eigenvalue weighted by Gasteiger charge is -2.36. The minimum Gasteiger partial charge on any atom is -0.393 e. The zero-order valence-corrected chi connectivity index (χ0v) is 16.2. The summed E-state index contributed by atoms with van der Waals surface area (Å²) in [4.78, 5) is 27.9. The van der Waals surface area contributed by atoms with Crippen LogP contribution in [-0.4, -0.2) is 48.5 Å². The summed E-state index contributed by atoms with van der Waals surface area (Å²) in [6.07, 6.45) is 2.75. The SMILES string of the molecule is Nc1ccc(C(=O)Nc2cccc(N3CCN(CC4CC4)CC3)c2)cc1[N+](=O)[O-]. The average molecular weight is 395 g/mol. The van der Waals surface area contributed by atoms with E-state index in [0.717, 1.165) is 37.8 Å². The Hall–Kier alpha value is -3.13. The van der Waals surface area contributed by atoms with Gasteiger partial charge in [-0.15, -0.1) is 0 Å². The monoisotopic (exact) mass is 395 g/mol. The molecule has 1 saturated heterocycles. The van der Waals surface area contributed by atoms with E-state index in [9.17, 15) is 14.9 Å². The summed E-state index contributed by atoms with van der Waals surface area (Å²) in [6, 6.07) is 11.8. The second-order valence-electron chi connectivity index (χ2n) is 7.77. The van der Waals surface area contributed by atoms with Crippen molar-refractivity contribution in [2.45, 2.75) is 12.8 Å². The topological polar surface area (TPSA) is 105 Å². The molecule has 3 N–H and O–H groups in total. The molecule has 2 aliphatic rings. The van der Waals surface area contributed by atoms with Crippen LogP contribution in [0.3, 0.4) is 0 Å². The van der Waals surface area contributed by atoms with Gasteiger partial charge in [-0.2, -0.15) is 0 Å². The highest BCUT2D eigenvalue weighted by Gasteiger charge is 2.26. The van der Waals surface area contributed by atoms with E-state index in [1.54, 1.807) is 0 Å². The van der Waals surface area contributed by atoms with Crippen molar-refractivity contribution < 1.29 is 9.72 Å². The number of nitro groups is 1. The third-order valence-corrected chi connectivity index (χ3v) is 5.54. The fraction of sp³-hybridized carbons (Fsp3) is 0.381. The van der Waals surface area contributed by atoms with E-state index in [1.165, 1.54) is 37.6 Å². The summed E-state index contributed by atoms with van der Waals surface area (Å²) in [5.74, 6) is 0.503. The molecule has 0 spiro atoms. The molecular weight excluding hydrogens is 370 g/mol. The Labute approximate surface area is 169 Å². The molecule has 8 nitrogen and oxygen atoms in total. The average Bonchev–Trinajstić information content (AvgIpc) is 3.53. The number of nitrogens with two attached hydrogens (primary N) is 1. The molecule has 1 saturated carbocycles. The molecule has 1 aliphatic carbocycles. The van der Waals surface area contributed by atoms with Gasteiger partial charge in [-0.1, -0.05) is 6.07 Å². The Kier molecular flexibility index (Phi) is 5.35. The molecule has 0 atom stereocenters. The van der Waals surface area contributed by atoms with Gasteiger partial charge in [-0.05, 0) is 49.1 Å². The number of nitrogens with zero attached hydrogens (tertiary/aromatic N) is 3. The third kappa shape index (κ3) is 4.65. The van der Waals surface area contributed by atoms with E-state index in [4.69, 9.17) is 5.73 Å². The van der Waals surface area contributed by atoms with Crippen molar-refractivity contribution in [1.29, 1.82) is 0 Å². The molecule has 4 rings (SSSR count). The second-order valence-corrected chi connectivity index (χ2v) is 7.77. The fourth-order valence-electron chi connectivity index (χ4n) is 3.68. The lowest BCUT2D eigenvalue weighted by Crippen LogP contribution is -2.47.